The van der Waals surface area contributed by atoms with E-state index in [1.807, 2.05) is 0 Å². The van der Waals surface area contributed by atoms with Gasteiger partial charge in [-0.25, -0.2) is 9.78 Å². The highest BCUT2D eigenvalue weighted by Gasteiger charge is 2.21. The molecule has 0 radical (unpaired) electrons. The number of pyridine rings is 1. The highest BCUT2D eigenvalue weighted by atomic mass is 16.4. The Morgan fingerprint density at radius 1 is 1.35 bits per heavy atom. The van der Waals surface area contributed by atoms with Gasteiger partial charge in [0.25, 0.3) is 5.91 Å². The Labute approximate surface area is 114 Å². The van der Waals surface area contributed by atoms with Crippen LogP contribution in [0.5, 0.6) is 0 Å². The Morgan fingerprint density at radius 2 is 2.05 bits per heavy atom. The van der Waals surface area contributed by atoms with Gasteiger partial charge in [-0.3, -0.25) is 9.59 Å². The van der Waals surface area contributed by atoms with Gasteiger partial charge in [0.2, 0.25) is 0 Å². The standard InChI is InChI=1S/C13H12N2O5/c1-2-9-4-3-8(7-14-9)12(18)15-10(13(19)20)5-6-11(16)17/h1,3-4,7,10H,5-6H2,(H,15,18)(H,16,17)(H,19,20)/t10-/m0/s1. The van der Waals surface area contributed by atoms with Crippen LogP contribution < -0.4 is 5.32 Å². The van der Waals surface area contributed by atoms with E-state index in [9.17, 15) is 14.4 Å². The molecule has 0 spiro atoms. The second-order valence-corrected chi connectivity index (χ2v) is 3.87. The Balaban J connectivity index is 2.72. The topological polar surface area (TPSA) is 117 Å². The minimum Gasteiger partial charge on any atom is -0.481 e. The van der Waals surface area contributed by atoms with Crippen molar-refractivity contribution in [1.29, 1.82) is 0 Å². The summed E-state index contributed by atoms with van der Waals surface area (Å²) in [6, 6.07) is 1.58. The maximum absolute atomic E-state index is 11.8. The third-order valence-electron chi connectivity index (χ3n) is 2.42. The van der Waals surface area contributed by atoms with E-state index in [0.717, 1.165) is 0 Å². The van der Waals surface area contributed by atoms with Crippen LogP contribution in [0.1, 0.15) is 28.9 Å². The molecule has 20 heavy (non-hydrogen) atoms. The molecular weight excluding hydrogens is 264 g/mol. The third-order valence-corrected chi connectivity index (χ3v) is 2.42. The van der Waals surface area contributed by atoms with Crippen LogP contribution in [0.3, 0.4) is 0 Å². The lowest BCUT2D eigenvalue weighted by Crippen LogP contribution is -2.41. The van der Waals surface area contributed by atoms with Crippen LogP contribution in [0.4, 0.5) is 0 Å². The van der Waals surface area contributed by atoms with Gasteiger partial charge in [0.05, 0.1) is 5.56 Å². The van der Waals surface area contributed by atoms with E-state index >= 15 is 0 Å². The van der Waals surface area contributed by atoms with Gasteiger partial charge in [-0.2, -0.15) is 0 Å². The molecule has 1 rings (SSSR count). The van der Waals surface area contributed by atoms with Gasteiger partial charge in [0.15, 0.2) is 0 Å². The van der Waals surface area contributed by atoms with Gasteiger partial charge in [-0.1, -0.05) is 5.92 Å². The van der Waals surface area contributed by atoms with Crippen molar-refractivity contribution in [3.8, 4) is 12.3 Å². The lowest BCUT2D eigenvalue weighted by Gasteiger charge is -2.13. The molecule has 0 fully saturated rings. The van der Waals surface area contributed by atoms with Crippen molar-refractivity contribution in [2.24, 2.45) is 0 Å². The van der Waals surface area contributed by atoms with Crippen molar-refractivity contribution in [2.45, 2.75) is 18.9 Å². The summed E-state index contributed by atoms with van der Waals surface area (Å²) in [6.07, 6.45) is 5.78. The molecular formula is C13H12N2O5. The first-order valence-corrected chi connectivity index (χ1v) is 5.62. The van der Waals surface area contributed by atoms with Crippen molar-refractivity contribution in [1.82, 2.24) is 10.3 Å². The van der Waals surface area contributed by atoms with E-state index in [2.05, 4.69) is 16.2 Å². The molecule has 1 atom stereocenters. The number of nitrogens with one attached hydrogen (secondary N) is 1. The number of aromatic nitrogens is 1. The number of carbonyl (C=O) groups is 3. The molecule has 0 bridgehead atoms. The number of aliphatic carboxylic acids is 2. The number of carboxylic acid groups (broad SMARTS) is 2. The summed E-state index contributed by atoms with van der Waals surface area (Å²) in [5, 5.41) is 19.7. The first-order valence-electron chi connectivity index (χ1n) is 5.62. The SMILES string of the molecule is C#Cc1ccc(C(=O)N[C@@H](CCC(=O)O)C(=O)O)cn1. The summed E-state index contributed by atoms with van der Waals surface area (Å²) in [5.74, 6) is -0.803. The van der Waals surface area contributed by atoms with Crippen LogP contribution >= 0.6 is 0 Å². The largest absolute Gasteiger partial charge is 0.481 e. The molecule has 0 unspecified atom stereocenters. The zero-order valence-corrected chi connectivity index (χ0v) is 10.4. The molecule has 0 aliphatic rings. The molecule has 7 heteroatoms. The van der Waals surface area contributed by atoms with E-state index in [-0.39, 0.29) is 18.4 Å². The average molecular weight is 276 g/mol. The maximum atomic E-state index is 11.8. The predicted octanol–water partition coefficient (Wildman–Crippen LogP) is 0.111. The van der Waals surface area contributed by atoms with Gasteiger partial charge in [0.1, 0.15) is 11.7 Å². The smallest absolute Gasteiger partial charge is 0.326 e. The Kier molecular flexibility index (Phi) is 5.23. The second kappa shape index (κ2) is 6.89. The van der Waals surface area contributed by atoms with Crippen LogP contribution in [-0.4, -0.2) is 39.1 Å². The zero-order chi connectivity index (χ0) is 15.1. The number of hydrogen-bond donors (Lipinski definition) is 3. The van der Waals surface area contributed by atoms with Crippen molar-refractivity contribution in [3.63, 3.8) is 0 Å². The van der Waals surface area contributed by atoms with Crippen molar-refractivity contribution in [2.75, 3.05) is 0 Å². The quantitative estimate of drug-likeness (QED) is 0.635. The summed E-state index contributed by atoms with van der Waals surface area (Å²) in [4.78, 5) is 36.9. The molecule has 104 valence electrons. The molecule has 1 heterocycles. The van der Waals surface area contributed by atoms with E-state index in [1.165, 1.54) is 18.3 Å². The van der Waals surface area contributed by atoms with Gasteiger partial charge in [-0.05, 0) is 18.6 Å². The van der Waals surface area contributed by atoms with E-state index in [1.54, 1.807) is 0 Å². The molecule has 0 aromatic carbocycles. The fraction of sp³-hybridized carbons (Fsp3) is 0.231. The van der Waals surface area contributed by atoms with Crippen molar-refractivity contribution in [3.05, 3.63) is 29.6 Å². The Bertz CT molecular complexity index is 559. The summed E-state index contributed by atoms with van der Waals surface area (Å²) in [5.41, 5.74) is 0.493. The van der Waals surface area contributed by atoms with Crippen molar-refractivity contribution >= 4 is 17.8 Å². The van der Waals surface area contributed by atoms with Gasteiger partial charge in [0, 0.05) is 12.6 Å². The lowest BCUT2D eigenvalue weighted by atomic mass is 10.1. The number of carboxylic acids is 2. The van der Waals surface area contributed by atoms with Gasteiger partial charge in [-0.15, -0.1) is 6.42 Å². The number of rotatable bonds is 6. The summed E-state index contributed by atoms with van der Waals surface area (Å²) >= 11 is 0. The third kappa shape index (κ3) is 4.42. The molecule has 0 aliphatic heterocycles. The number of carbonyl (C=O) groups excluding carboxylic acids is 1. The Hall–Kier alpha value is -2.88. The minimum absolute atomic E-state index is 0.144. The van der Waals surface area contributed by atoms with Crippen LogP contribution in [0, 0.1) is 12.3 Å². The number of terminal acetylenes is 1. The fourth-order valence-electron chi connectivity index (χ4n) is 1.38. The second-order valence-electron chi connectivity index (χ2n) is 3.87. The van der Waals surface area contributed by atoms with E-state index in [4.69, 9.17) is 16.6 Å². The zero-order valence-electron chi connectivity index (χ0n) is 10.4. The molecule has 1 amide bonds. The first kappa shape index (κ1) is 15.2. The normalized spacial score (nSPS) is 11.2. The fourth-order valence-corrected chi connectivity index (χ4v) is 1.38. The highest BCUT2D eigenvalue weighted by molar-refractivity contribution is 5.96. The molecule has 0 saturated heterocycles. The summed E-state index contributed by atoms with van der Waals surface area (Å²) < 4.78 is 0. The van der Waals surface area contributed by atoms with Gasteiger partial charge >= 0.3 is 11.9 Å². The minimum atomic E-state index is -1.30. The van der Waals surface area contributed by atoms with Crippen LogP contribution in [-0.2, 0) is 9.59 Å². The predicted molar refractivity (Wildman–Crippen MR) is 67.9 cm³/mol. The number of amides is 1. The molecule has 1 aromatic rings. The van der Waals surface area contributed by atoms with Crippen LogP contribution in [0.25, 0.3) is 0 Å². The molecule has 7 nitrogen and oxygen atoms in total. The lowest BCUT2D eigenvalue weighted by molar-refractivity contribution is -0.140. The van der Waals surface area contributed by atoms with Crippen LogP contribution in [0.15, 0.2) is 18.3 Å². The molecule has 3 N–H and O–H groups in total. The summed E-state index contributed by atoms with van der Waals surface area (Å²) in [6.45, 7) is 0. The number of nitrogens with zero attached hydrogens (tertiary/aromatic N) is 1. The monoisotopic (exact) mass is 276 g/mol. The van der Waals surface area contributed by atoms with Crippen molar-refractivity contribution < 1.29 is 24.6 Å². The maximum Gasteiger partial charge on any atom is 0.326 e. The first-order chi connectivity index (χ1) is 9.43. The van der Waals surface area contributed by atoms with Gasteiger partial charge < -0.3 is 15.5 Å². The molecule has 0 saturated carbocycles. The Morgan fingerprint density at radius 3 is 2.50 bits per heavy atom. The number of hydrogen-bond acceptors (Lipinski definition) is 4. The molecule has 1 aromatic heterocycles. The molecule has 0 aliphatic carbocycles. The average Bonchev–Trinajstić information content (AvgIpc) is 2.42. The summed E-state index contributed by atoms with van der Waals surface area (Å²) in [7, 11) is 0. The van der Waals surface area contributed by atoms with Crippen LogP contribution in [0.2, 0.25) is 0 Å². The van der Waals surface area contributed by atoms with E-state index < -0.39 is 23.9 Å². The highest BCUT2D eigenvalue weighted by Crippen LogP contribution is 2.03. The van der Waals surface area contributed by atoms with E-state index in [0.29, 0.717) is 5.69 Å².